The maximum absolute atomic E-state index is 12.5. The third kappa shape index (κ3) is 6.82. The van der Waals surface area contributed by atoms with Crippen LogP contribution in [0.2, 0.25) is 0 Å². The number of carboxylic acid groups (broad SMARTS) is 1. The summed E-state index contributed by atoms with van der Waals surface area (Å²) < 4.78 is 0. The van der Waals surface area contributed by atoms with Crippen molar-refractivity contribution in [2.75, 3.05) is 19.6 Å². The van der Waals surface area contributed by atoms with Gasteiger partial charge in [-0.15, -0.1) is 12.4 Å². The molecule has 0 bridgehead atoms. The van der Waals surface area contributed by atoms with Crippen molar-refractivity contribution in [1.82, 2.24) is 10.2 Å². The van der Waals surface area contributed by atoms with E-state index < -0.39 is 5.97 Å². The number of carbonyl (C=O) groups is 2. The van der Waals surface area contributed by atoms with Crippen molar-refractivity contribution in [2.45, 2.75) is 52.5 Å². The van der Waals surface area contributed by atoms with E-state index in [1.54, 1.807) is 0 Å². The number of carbonyl (C=O) groups excluding carboxylic acids is 1. The molecule has 2 N–H and O–H groups in total. The lowest BCUT2D eigenvalue weighted by Crippen LogP contribution is -2.44. The van der Waals surface area contributed by atoms with Gasteiger partial charge in [-0.1, -0.05) is 52.0 Å². The topological polar surface area (TPSA) is 69.6 Å². The average Bonchev–Trinajstić information content (AvgIpc) is 2.60. The first kappa shape index (κ1) is 23.4. The largest absolute Gasteiger partial charge is 0.481 e. The molecule has 152 valence electrons. The number of hydrogen-bond acceptors (Lipinski definition) is 3. The number of nitrogens with zero attached hydrogens (tertiary/aromatic N) is 1. The van der Waals surface area contributed by atoms with Crippen LogP contribution < -0.4 is 5.32 Å². The minimum Gasteiger partial charge on any atom is -0.481 e. The first-order chi connectivity index (χ1) is 12.3. The third-order valence-corrected chi connectivity index (χ3v) is 5.25. The quantitative estimate of drug-likeness (QED) is 0.734. The number of amides is 1. The van der Waals surface area contributed by atoms with Crippen LogP contribution in [0.3, 0.4) is 0 Å². The average molecular weight is 397 g/mol. The van der Waals surface area contributed by atoms with Crippen LogP contribution in [0.15, 0.2) is 24.3 Å². The highest BCUT2D eigenvalue weighted by molar-refractivity contribution is 5.85. The van der Waals surface area contributed by atoms with Gasteiger partial charge in [-0.05, 0) is 48.9 Å². The van der Waals surface area contributed by atoms with Gasteiger partial charge in [0, 0.05) is 0 Å². The van der Waals surface area contributed by atoms with E-state index in [2.05, 4.69) is 57.3 Å². The van der Waals surface area contributed by atoms with Crippen LogP contribution in [0.1, 0.15) is 63.6 Å². The number of rotatable bonds is 7. The summed E-state index contributed by atoms with van der Waals surface area (Å²) in [7, 11) is 0. The summed E-state index contributed by atoms with van der Waals surface area (Å²) in [6.07, 6.45) is 1.24. The van der Waals surface area contributed by atoms with Crippen molar-refractivity contribution in [3.05, 3.63) is 35.4 Å². The number of likely N-dealkylation sites (tertiary alicyclic amines) is 1. The molecule has 27 heavy (non-hydrogen) atoms. The third-order valence-electron chi connectivity index (χ3n) is 5.25. The normalized spacial score (nSPS) is 16.8. The summed E-state index contributed by atoms with van der Waals surface area (Å²) in [5.74, 6) is -0.201. The Balaban J connectivity index is 0.00000364. The second-order valence-electron chi connectivity index (χ2n) is 8.00. The summed E-state index contributed by atoms with van der Waals surface area (Å²) in [6.45, 7) is 10.2. The monoisotopic (exact) mass is 396 g/mol. The number of benzene rings is 1. The summed E-state index contributed by atoms with van der Waals surface area (Å²) in [6, 6.07) is 8.48. The number of carboxylic acids is 1. The lowest BCUT2D eigenvalue weighted by atomic mass is 9.93. The van der Waals surface area contributed by atoms with Crippen LogP contribution in [0.4, 0.5) is 0 Å². The van der Waals surface area contributed by atoms with Gasteiger partial charge in [-0.3, -0.25) is 14.5 Å². The fraction of sp³-hybridized carbons (Fsp3) is 0.619. The van der Waals surface area contributed by atoms with Gasteiger partial charge in [0.15, 0.2) is 0 Å². The van der Waals surface area contributed by atoms with Gasteiger partial charge >= 0.3 is 5.97 Å². The highest BCUT2D eigenvalue weighted by atomic mass is 35.5. The molecule has 1 heterocycles. The number of aliphatic carboxylic acids is 1. The molecule has 1 saturated heterocycles. The van der Waals surface area contributed by atoms with E-state index in [-0.39, 0.29) is 30.3 Å². The molecule has 0 aromatic heterocycles. The fourth-order valence-corrected chi connectivity index (χ4v) is 3.48. The minimum atomic E-state index is -0.723. The zero-order valence-electron chi connectivity index (χ0n) is 16.8. The molecule has 1 unspecified atom stereocenters. The van der Waals surface area contributed by atoms with Crippen molar-refractivity contribution in [3.63, 3.8) is 0 Å². The van der Waals surface area contributed by atoms with E-state index in [0.29, 0.717) is 44.3 Å². The molecular formula is C21H33ClN2O3. The smallest absolute Gasteiger partial charge is 0.306 e. The van der Waals surface area contributed by atoms with Crippen LogP contribution in [-0.4, -0.2) is 41.5 Å². The SMILES string of the molecule is CC(C)c1ccc(C(NC(=O)CN2CCC(C(=O)O)CC2)C(C)C)cc1.Cl. The molecular weight excluding hydrogens is 364 g/mol. The maximum Gasteiger partial charge on any atom is 0.306 e. The molecule has 0 radical (unpaired) electrons. The van der Waals surface area contributed by atoms with Crippen molar-refractivity contribution in [3.8, 4) is 0 Å². The molecule has 2 rings (SSSR count). The van der Waals surface area contributed by atoms with Gasteiger partial charge in [0.1, 0.15) is 0 Å². The van der Waals surface area contributed by atoms with Crippen molar-refractivity contribution >= 4 is 24.3 Å². The predicted molar refractivity (Wildman–Crippen MR) is 110 cm³/mol. The van der Waals surface area contributed by atoms with Gasteiger partial charge in [-0.2, -0.15) is 0 Å². The number of hydrogen-bond donors (Lipinski definition) is 2. The molecule has 1 amide bonds. The van der Waals surface area contributed by atoms with E-state index >= 15 is 0 Å². The number of nitrogens with one attached hydrogen (secondary N) is 1. The summed E-state index contributed by atoms with van der Waals surface area (Å²) in [5.41, 5.74) is 2.42. The molecule has 6 heteroatoms. The lowest BCUT2D eigenvalue weighted by Gasteiger charge is -2.30. The highest BCUT2D eigenvalue weighted by Gasteiger charge is 2.26. The van der Waals surface area contributed by atoms with Crippen molar-refractivity contribution in [1.29, 1.82) is 0 Å². The molecule has 1 atom stereocenters. The Bertz CT molecular complexity index is 608. The first-order valence-corrected chi connectivity index (χ1v) is 9.62. The molecule has 0 spiro atoms. The van der Waals surface area contributed by atoms with Crippen LogP contribution in [0.25, 0.3) is 0 Å². The van der Waals surface area contributed by atoms with Gasteiger partial charge in [0.05, 0.1) is 18.5 Å². The maximum atomic E-state index is 12.5. The molecule has 1 fully saturated rings. The molecule has 0 aliphatic carbocycles. The standard InChI is InChI=1S/C21H32N2O3.ClH/c1-14(2)16-5-7-17(8-6-16)20(15(3)4)22-19(24)13-23-11-9-18(10-12-23)21(25)26;/h5-8,14-15,18,20H,9-13H2,1-4H3,(H,22,24)(H,25,26);1H. The molecule has 1 aromatic carbocycles. The van der Waals surface area contributed by atoms with Gasteiger partial charge in [0.2, 0.25) is 5.91 Å². The van der Waals surface area contributed by atoms with Crippen molar-refractivity contribution < 1.29 is 14.7 Å². The van der Waals surface area contributed by atoms with Gasteiger partial charge < -0.3 is 10.4 Å². The summed E-state index contributed by atoms with van der Waals surface area (Å²) in [4.78, 5) is 25.6. The first-order valence-electron chi connectivity index (χ1n) is 9.62. The van der Waals surface area contributed by atoms with Crippen LogP contribution in [0, 0.1) is 11.8 Å². The van der Waals surface area contributed by atoms with Crippen LogP contribution >= 0.6 is 12.4 Å². The Morgan fingerprint density at radius 2 is 1.59 bits per heavy atom. The highest BCUT2D eigenvalue weighted by Crippen LogP contribution is 2.24. The zero-order chi connectivity index (χ0) is 19.3. The predicted octanol–water partition coefficient (Wildman–Crippen LogP) is 3.84. The fourth-order valence-electron chi connectivity index (χ4n) is 3.48. The Kier molecular flexibility index (Phi) is 9.27. The number of halogens is 1. The van der Waals surface area contributed by atoms with Gasteiger partial charge in [0.25, 0.3) is 0 Å². The van der Waals surface area contributed by atoms with E-state index in [1.165, 1.54) is 5.56 Å². The second-order valence-corrected chi connectivity index (χ2v) is 8.00. The number of piperidine rings is 1. The molecule has 0 saturated carbocycles. The Morgan fingerprint density at radius 1 is 1.07 bits per heavy atom. The Labute approximate surface area is 168 Å². The molecule has 1 aliphatic rings. The van der Waals surface area contributed by atoms with E-state index in [9.17, 15) is 9.59 Å². The van der Waals surface area contributed by atoms with Gasteiger partial charge in [-0.25, -0.2) is 0 Å². The summed E-state index contributed by atoms with van der Waals surface area (Å²) >= 11 is 0. The molecule has 5 nitrogen and oxygen atoms in total. The second kappa shape index (κ2) is 10.7. The van der Waals surface area contributed by atoms with Crippen LogP contribution in [0.5, 0.6) is 0 Å². The summed E-state index contributed by atoms with van der Waals surface area (Å²) in [5, 5.41) is 12.2. The zero-order valence-corrected chi connectivity index (χ0v) is 17.6. The van der Waals surface area contributed by atoms with Crippen LogP contribution in [-0.2, 0) is 9.59 Å². The van der Waals surface area contributed by atoms with E-state index in [0.717, 1.165) is 5.56 Å². The molecule has 1 aliphatic heterocycles. The minimum absolute atomic E-state index is 0. The Morgan fingerprint density at radius 3 is 2.04 bits per heavy atom. The lowest BCUT2D eigenvalue weighted by molar-refractivity contribution is -0.143. The van der Waals surface area contributed by atoms with Crippen molar-refractivity contribution in [2.24, 2.45) is 11.8 Å². The Hall–Kier alpha value is -1.59. The van der Waals surface area contributed by atoms with E-state index in [1.807, 2.05) is 4.90 Å². The van der Waals surface area contributed by atoms with E-state index in [4.69, 9.17) is 5.11 Å². The molecule has 1 aromatic rings.